The second-order valence-corrected chi connectivity index (χ2v) is 4.96. The predicted molar refractivity (Wildman–Crippen MR) is 68.4 cm³/mol. The molecule has 1 aliphatic rings. The molecule has 16 heavy (non-hydrogen) atoms. The van der Waals surface area contributed by atoms with Gasteiger partial charge in [0.05, 0.1) is 0 Å². The van der Waals surface area contributed by atoms with Gasteiger partial charge in [-0.1, -0.05) is 58.3 Å². The first-order valence-electron chi connectivity index (χ1n) is 7.12. The highest BCUT2D eigenvalue weighted by Gasteiger charge is 2.22. The van der Waals surface area contributed by atoms with Crippen LogP contribution in [0.3, 0.4) is 0 Å². The van der Waals surface area contributed by atoms with Gasteiger partial charge in [0, 0.05) is 19.5 Å². The van der Waals surface area contributed by atoms with Crippen molar-refractivity contribution in [3.05, 3.63) is 0 Å². The SMILES string of the molecule is CCCCCCCCCCCC(=O)N1CC1. The molecule has 0 bridgehead atoms. The maximum Gasteiger partial charge on any atom is 0.222 e. The summed E-state index contributed by atoms with van der Waals surface area (Å²) < 4.78 is 0. The van der Waals surface area contributed by atoms with E-state index in [0.717, 1.165) is 25.9 Å². The van der Waals surface area contributed by atoms with Crippen LogP contribution in [0.1, 0.15) is 71.1 Å². The first kappa shape index (κ1) is 13.5. The van der Waals surface area contributed by atoms with Crippen LogP contribution in [0.5, 0.6) is 0 Å². The van der Waals surface area contributed by atoms with E-state index < -0.39 is 0 Å². The number of hydrogen-bond donors (Lipinski definition) is 0. The zero-order valence-corrected chi connectivity index (χ0v) is 10.8. The predicted octanol–water partition coefficient (Wildman–Crippen LogP) is 3.75. The highest BCUT2D eigenvalue weighted by atomic mass is 16.2. The number of nitrogens with zero attached hydrogens (tertiary/aromatic N) is 1. The largest absolute Gasteiger partial charge is 0.339 e. The normalized spacial score (nSPS) is 14.2. The summed E-state index contributed by atoms with van der Waals surface area (Å²) in [6.45, 7) is 4.28. The summed E-state index contributed by atoms with van der Waals surface area (Å²) in [7, 11) is 0. The molecule has 1 saturated heterocycles. The van der Waals surface area contributed by atoms with Gasteiger partial charge in [-0.2, -0.15) is 0 Å². The molecule has 1 fully saturated rings. The number of unbranched alkanes of at least 4 members (excludes halogenated alkanes) is 8. The minimum atomic E-state index is 0.378. The Labute approximate surface area is 100 Å². The molecule has 0 unspecified atom stereocenters. The van der Waals surface area contributed by atoms with Crippen molar-refractivity contribution in [1.82, 2.24) is 4.90 Å². The van der Waals surface area contributed by atoms with Gasteiger partial charge >= 0.3 is 0 Å². The summed E-state index contributed by atoms with van der Waals surface area (Å²) in [5.41, 5.74) is 0. The molecule has 0 radical (unpaired) electrons. The average molecular weight is 225 g/mol. The highest BCUT2D eigenvalue weighted by Crippen LogP contribution is 2.13. The fourth-order valence-corrected chi connectivity index (χ4v) is 2.04. The maximum absolute atomic E-state index is 11.3. The summed E-state index contributed by atoms with van der Waals surface area (Å²) in [5, 5.41) is 0. The number of carbonyl (C=O) groups excluding carboxylic acids is 1. The van der Waals surface area contributed by atoms with Gasteiger partial charge in [-0.05, 0) is 6.42 Å². The topological polar surface area (TPSA) is 20.1 Å². The van der Waals surface area contributed by atoms with Gasteiger partial charge in [-0.3, -0.25) is 4.79 Å². The molecule has 2 nitrogen and oxygen atoms in total. The van der Waals surface area contributed by atoms with Crippen LogP contribution in [-0.4, -0.2) is 23.9 Å². The van der Waals surface area contributed by atoms with Crippen LogP contribution in [-0.2, 0) is 4.79 Å². The third-order valence-corrected chi connectivity index (χ3v) is 3.29. The number of hydrogen-bond acceptors (Lipinski definition) is 1. The summed E-state index contributed by atoms with van der Waals surface area (Å²) >= 11 is 0. The van der Waals surface area contributed by atoms with Crippen LogP contribution in [0.4, 0.5) is 0 Å². The standard InChI is InChI=1S/C14H27NO/c1-2-3-4-5-6-7-8-9-10-11-14(16)15-12-13-15/h2-13H2,1H3. The molecule has 1 amide bonds. The van der Waals surface area contributed by atoms with Crippen molar-refractivity contribution in [2.24, 2.45) is 0 Å². The van der Waals surface area contributed by atoms with Gasteiger partial charge in [0.2, 0.25) is 5.91 Å². The molecule has 2 heteroatoms. The zero-order valence-electron chi connectivity index (χ0n) is 10.8. The van der Waals surface area contributed by atoms with Gasteiger partial charge < -0.3 is 4.90 Å². The van der Waals surface area contributed by atoms with Crippen molar-refractivity contribution in [3.8, 4) is 0 Å². The van der Waals surface area contributed by atoms with E-state index in [2.05, 4.69) is 6.92 Å². The average Bonchev–Trinajstić information content (AvgIpc) is 3.10. The van der Waals surface area contributed by atoms with Crippen molar-refractivity contribution in [2.75, 3.05) is 13.1 Å². The lowest BCUT2D eigenvalue weighted by Gasteiger charge is -2.02. The van der Waals surface area contributed by atoms with Crippen LogP contribution >= 0.6 is 0 Å². The molecular formula is C14H27NO. The lowest BCUT2D eigenvalue weighted by atomic mass is 10.1. The lowest BCUT2D eigenvalue weighted by Crippen LogP contribution is -2.09. The summed E-state index contributed by atoms with van der Waals surface area (Å²) in [5.74, 6) is 0.378. The minimum absolute atomic E-state index is 0.378. The van der Waals surface area contributed by atoms with E-state index >= 15 is 0 Å². The molecular weight excluding hydrogens is 198 g/mol. The summed E-state index contributed by atoms with van der Waals surface area (Å²) in [4.78, 5) is 13.3. The van der Waals surface area contributed by atoms with Crippen LogP contribution < -0.4 is 0 Å². The fourth-order valence-electron chi connectivity index (χ4n) is 2.04. The van der Waals surface area contributed by atoms with E-state index in [4.69, 9.17) is 0 Å². The van der Waals surface area contributed by atoms with Crippen molar-refractivity contribution >= 4 is 5.91 Å². The smallest absolute Gasteiger partial charge is 0.222 e. The molecule has 0 aromatic carbocycles. The molecule has 1 rings (SSSR count). The lowest BCUT2D eigenvalue weighted by molar-refractivity contribution is -0.125. The molecule has 0 aromatic rings. The van der Waals surface area contributed by atoms with Gasteiger partial charge in [0.1, 0.15) is 0 Å². The van der Waals surface area contributed by atoms with Crippen LogP contribution in [0.15, 0.2) is 0 Å². The first-order valence-corrected chi connectivity index (χ1v) is 7.12. The third-order valence-electron chi connectivity index (χ3n) is 3.29. The molecule has 0 spiro atoms. The second-order valence-electron chi connectivity index (χ2n) is 4.96. The maximum atomic E-state index is 11.3. The Kier molecular flexibility index (Phi) is 7.28. The van der Waals surface area contributed by atoms with Crippen molar-refractivity contribution < 1.29 is 4.79 Å². The summed E-state index contributed by atoms with van der Waals surface area (Å²) in [6.07, 6.45) is 12.7. The zero-order chi connectivity index (χ0) is 11.6. The third kappa shape index (κ3) is 6.86. The summed E-state index contributed by atoms with van der Waals surface area (Å²) in [6, 6.07) is 0. The van der Waals surface area contributed by atoms with E-state index in [-0.39, 0.29) is 0 Å². The van der Waals surface area contributed by atoms with E-state index in [1.165, 1.54) is 51.4 Å². The Morgan fingerprint density at radius 3 is 1.88 bits per heavy atom. The van der Waals surface area contributed by atoms with Gasteiger partial charge in [0.15, 0.2) is 0 Å². The Balaban J connectivity index is 1.72. The molecule has 0 aliphatic carbocycles. The monoisotopic (exact) mass is 225 g/mol. The van der Waals surface area contributed by atoms with Crippen molar-refractivity contribution in [2.45, 2.75) is 71.1 Å². The molecule has 0 saturated carbocycles. The van der Waals surface area contributed by atoms with E-state index in [9.17, 15) is 4.79 Å². The molecule has 0 N–H and O–H groups in total. The van der Waals surface area contributed by atoms with Gasteiger partial charge in [-0.25, -0.2) is 0 Å². The van der Waals surface area contributed by atoms with Gasteiger partial charge in [0.25, 0.3) is 0 Å². The number of rotatable bonds is 10. The van der Waals surface area contributed by atoms with Gasteiger partial charge in [-0.15, -0.1) is 0 Å². The van der Waals surface area contributed by atoms with Crippen LogP contribution in [0, 0.1) is 0 Å². The van der Waals surface area contributed by atoms with Crippen molar-refractivity contribution in [1.29, 1.82) is 0 Å². The van der Waals surface area contributed by atoms with Crippen LogP contribution in [0.25, 0.3) is 0 Å². The minimum Gasteiger partial charge on any atom is -0.339 e. The quantitative estimate of drug-likeness (QED) is 0.409. The highest BCUT2D eigenvalue weighted by molar-refractivity contribution is 5.78. The van der Waals surface area contributed by atoms with E-state index in [1.807, 2.05) is 4.90 Å². The van der Waals surface area contributed by atoms with E-state index in [0.29, 0.717) is 5.91 Å². The number of carbonyl (C=O) groups is 1. The molecule has 1 heterocycles. The fraction of sp³-hybridized carbons (Fsp3) is 0.929. The number of amides is 1. The molecule has 1 aliphatic heterocycles. The molecule has 0 atom stereocenters. The Morgan fingerprint density at radius 1 is 0.875 bits per heavy atom. The van der Waals surface area contributed by atoms with Crippen LogP contribution in [0.2, 0.25) is 0 Å². The molecule has 94 valence electrons. The Bertz CT molecular complexity index is 187. The van der Waals surface area contributed by atoms with E-state index in [1.54, 1.807) is 0 Å². The Morgan fingerprint density at radius 2 is 1.38 bits per heavy atom. The van der Waals surface area contributed by atoms with Crippen molar-refractivity contribution in [3.63, 3.8) is 0 Å². The second kappa shape index (κ2) is 8.60. The molecule has 0 aromatic heterocycles. The first-order chi connectivity index (χ1) is 7.84. The Hall–Kier alpha value is -0.530.